The lowest BCUT2D eigenvalue weighted by Gasteiger charge is -2.43. The maximum absolute atomic E-state index is 14.0. The predicted molar refractivity (Wildman–Crippen MR) is 190 cm³/mol. The second-order valence-corrected chi connectivity index (χ2v) is 16.4. The summed E-state index contributed by atoms with van der Waals surface area (Å²) in [6.07, 6.45) is 20.1. The van der Waals surface area contributed by atoms with Crippen LogP contribution in [0, 0.1) is 35.5 Å². The van der Waals surface area contributed by atoms with Crippen molar-refractivity contribution < 1.29 is 4.39 Å². The van der Waals surface area contributed by atoms with Gasteiger partial charge in [0.1, 0.15) is 6.17 Å². The number of allylic oxidation sites excluding steroid dienone is 3. The fourth-order valence-electron chi connectivity index (χ4n) is 9.32. The van der Waals surface area contributed by atoms with Crippen LogP contribution in [0.5, 0.6) is 0 Å². The number of halogens is 2. The van der Waals surface area contributed by atoms with E-state index in [1.807, 2.05) is 0 Å². The van der Waals surface area contributed by atoms with E-state index in [9.17, 15) is 4.39 Å². The highest BCUT2D eigenvalue weighted by Crippen LogP contribution is 2.52. The molecular weight excluding hydrogens is 644 g/mol. The van der Waals surface area contributed by atoms with Crippen molar-refractivity contribution in [3.63, 3.8) is 0 Å². The molecule has 1 saturated heterocycles. The number of hydrogen-bond acceptors (Lipinski definition) is 3. The summed E-state index contributed by atoms with van der Waals surface area (Å²) in [4.78, 5) is 2.83. The van der Waals surface area contributed by atoms with E-state index in [0.717, 1.165) is 68.7 Å². The third kappa shape index (κ3) is 8.70. The van der Waals surface area contributed by atoms with Gasteiger partial charge in [-0.25, -0.2) is 7.50 Å². The standard InChI is InChI=1S/C38H63FIN3/c1-6-9-30-23-35(29-12-14-32(39)15-13-29)36(28-10-11-28)24-31(30)25-42-19-16-33(17-20-42)43(40)21-18-38-27(5)22-34(26(4)7-2)37(8-3)41-38/h23,28-34,36-37,41H,4,6-22,24-25H2,1-3,5H3/t29-,30?,31-,32+,34+,36+,37-/m0/s1. The molecule has 0 spiro atoms. The van der Waals surface area contributed by atoms with E-state index in [1.165, 1.54) is 88.7 Å². The average Bonchev–Trinajstić information content (AvgIpc) is 3.87. The molecule has 5 rings (SSSR count). The highest BCUT2D eigenvalue weighted by molar-refractivity contribution is 14.1. The second-order valence-electron chi connectivity index (χ2n) is 15.2. The summed E-state index contributed by atoms with van der Waals surface area (Å²) >= 11 is 2.64. The molecule has 0 aromatic heterocycles. The molecular formula is C38H63FIN3. The summed E-state index contributed by atoms with van der Waals surface area (Å²) in [6.45, 7) is 18.6. The summed E-state index contributed by atoms with van der Waals surface area (Å²) in [5.74, 6) is 4.55. The molecule has 0 aromatic rings. The lowest BCUT2D eigenvalue weighted by Crippen LogP contribution is -2.45. The molecule has 3 nitrogen and oxygen atoms in total. The predicted octanol–water partition coefficient (Wildman–Crippen LogP) is 10.0. The van der Waals surface area contributed by atoms with Crippen LogP contribution < -0.4 is 5.32 Å². The maximum atomic E-state index is 14.0. The molecule has 43 heavy (non-hydrogen) atoms. The van der Waals surface area contributed by atoms with E-state index >= 15 is 0 Å². The van der Waals surface area contributed by atoms with Gasteiger partial charge in [0.2, 0.25) is 0 Å². The van der Waals surface area contributed by atoms with Gasteiger partial charge in [0.25, 0.3) is 0 Å². The van der Waals surface area contributed by atoms with Gasteiger partial charge in [-0.2, -0.15) is 0 Å². The van der Waals surface area contributed by atoms with Crippen molar-refractivity contribution in [3.8, 4) is 0 Å². The van der Waals surface area contributed by atoms with Gasteiger partial charge >= 0.3 is 0 Å². The van der Waals surface area contributed by atoms with Crippen LogP contribution in [0.4, 0.5) is 4.39 Å². The zero-order valence-electron chi connectivity index (χ0n) is 28.1. The van der Waals surface area contributed by atoms with Crippen molar-refractivity contribution >= 4 is 22.9 Å². The van der Waals surface area contributed by atoms with E-state index in [1.54, 1.807) is 11.1 Å². The molecule has 0 amide bonds. The van der Waals surface area contributed by atoms with Crippen LogP contribution in [0.2, 0.25) is 0 Å². The zero-order chi connectivity index (χ0) is 30.5. The largest absolute Gasteiger partial charge is 0.385 e. The zero-order valence-corrected chi connectivity index (χ0v) is 30.2. The molecule has 5 atom stereocenters. The Morgan fingerprint density at radius 2 is 1.79 bits per heavy atom. The van der Waals surface area contributed by atoms with Crippen LogP contribution in [0.1, 0.15) is 124 Å². The summed E-state index contributed by atoms with van der Waals surface area (Å²) in [7, 11) is 0. The lowest BCUT2D eigenvalue weighted by molar-refractivity contribution is 0.119. The quantitative estimate of drug-likeness (QED) is 0.117. The fraction of sp³-hybridized carbons (Fsp3) is 0.842. The molecule has 0 aromatic carbocycles. The number of nitrogens with one attached hydrogen (secondary N) is 1. The first-order valence-electron chi connectivity index (χ1n) is 18.4. The Hall–Kier alpha value is -0.400. The molecule has 0 bridgehead atoms. The first-order chi connectivity index (χ1) is 20.8. The first-order valence-corrected chi connectivity index (χ1v) is 19.4. The molecule has 0 radical (unpaired) electrons. The number of rotatable bonds is 13. The average molecular weight is 708 g/mol. The minimum absolute atomic E-state index is 0.543. The van der Waals surface area contributed by atoms with Crippen molar-refractivity contribution in [1.29, 1.82) is 0 Å². The highest BCUT2D eigenvalue weighted by atomic mass is 127. The second kappa shape index (κ2) is 15.9. The number of hydrogen-bond donors (Lipinski definition) is 1. The Morgan fingerprint density at radius 1 is 1.07 bits per heavy atom. The van der Waals surface area contributed by atoms with Crippen molar-refractivity contribution in [1.82, 2.24) is 13.3 Å². The monoisotopic (exact) mass is 707 g/mol. The Balaban J connectivity index is 1.12. The van der Waals surface area contributed by atoms with E-state index in [2.05, 4.69) is 76.5 Å². The molecule has 2 aliphatic heterocycles. The van der Waals surface area contributed by atoms with Crippen LogP contribution in [0.3, 0.4) is 0 Å². The molecule has 5 aliphatic rings. The van der Waals surface area contributed by atoms with Crippen molar-refractivity contribution in [2.45, 2.75) is 142 Å². The van der Waals surface area contributed by atoms with Gasteiger partial charge in [-0.1, -0.05) is 56.6 Å². The van der Waals surface area contributed by atoms with E-state index in [4.69, 9.17) is 0 Å². The number of piperidine rings is 1. The third-order valence-electron chi connectivity index (χ3n) is 12.3. The van der Waals surface area contributed by atoms with E-state index < -0.39 is 6.17 Å². The van der Waals surface area contributed by atoms with Crippen LogP contribution >= 0.6 is 22.9 Å². The molecule has 2 heterocycles. The summed E-state index contributed by atoms with van der Waals surface area (Å²) in [5, 5.41) is 3.94. The summed E-state index contributed by atoms with van der Waals surface area (Å²) in [6, 6.07) is 1.24. The van der Waals surface area contributed by atoms with Crippen molar-refractivity contribution in [2.24, 2.45) is 35.5 Å². The van der Waals surface area contributed by atoms with Crippen LogP contribution in [-0.2, 0) is 0 Å². The van der Waals surface area contributed by atoms with Gasteiger partial charge in [0.05, 0.1) is 0 Å². The Labute approximate surface area is 278 Å². The molecule has 1 N–H and O–H groups in total. The molecule has 2 saturated carbocycles. The number of alkyl halides is 1. The van der Waals surface area contributed by atoms with Crippen molar-refractivity contribution in [3.05, 3.63) is 35.1 Å². The van der Waals surface area contributed by atoms with E-state index in [0.29, 0.717) is 23.9 Å². The van der Waals surface area contributed by atoms with Crippen molar-refractivity contribution in [2.75, 3.05) is 26.2 Å². The van der Waals surface area contributed by atoms with Crippen LogP contribution in [-0.4, -0.2) is 52.4 Å². The summed E-state index contributed by atoms with van der Waals surface area (Å²) < 4.78 is 16.6. The fourth-order valence-corrected chi connectivity index (χ4v) is 10.1. The van der Waals surface area contributed by atoms with Crippen LogP contribution in [0.25, 0.3) is 0 Å². The minimum Gasteiger partial charge on any atom is -0.385 e. The Kier molecular flexibility index (Phi) is 12.6. The Bertz CT molecular complexity index is 972. The van der Waals surface area contributed by atoms with E-state index in [-0.39, 0.29) is 0 Å². The van der Waals surface area contributed by atoms with Gasteiger partial charge in [0.15, 0.2) is 0 Å². The first kappa shape index (κ1) is 33.9. The normalized spacial score (nSPS) is 34.8. The molecule has 5 heteroatoms. The maximum Gasteiger partial charge on any atom is 0.100 e. The number of nitrogens with zero attached hydrogens (tertiary/aromatic N) is 2. The SMILES string of the molecule is C=C(CC)[C@H]1CC(C)=C(CCN(I)C2CCN(C[C@@H]3C[C@H](C4CC4)C([C@H]4CC[C@@H](F)CC4)=CC3CCC)CC2)N[C@H]1CC. The van der Waals surface area contributed by atoms with Gasteiger partial charge in [-0.3, -0.25) is 0 Å². The van der Waals surface area contributed by atoms with Gasteiger partial charge in [0, 0.05) is 66.1 Å². The van der Waals surface area contributed by atoms with Gasteiger partial charge in [-0.15, -0.1) is 0 Å². The van der Waals surface area contributed by atoms with Crippen LogP contribution in [0.15, 0.2) is 35.1 Å². The smallest absolute Gasteiger partial charge is 0.100 e. The topological polar surface area (TPSA) is 18.5 Å². The molecule has 3 fully saturated rings. The number of likely N-dealkylation sites (tertiary alicyclic amines) is 1. The van der Waals surface area contributed by atoms with Gasteiger partial charge in [-0.05, 0) is 133 Å². The minimum atomic E-state index is -0.543. The third-order valence-corrected chi connectivity index (χ3v) is 13.5. The molecule has 3 aliphatic carbocycles. The molecule has 1 unspecified atom stereocenters. The summed E-state index contributed by atoms with van der Waals surface area (Å²) in [5.41, 5.74) is 6.25. The molecule has 244 valence electrons. The highest BCUT2D eigenvalue weighted by Gasteiger charge is 2.43. The van der Waals surface area contributed by atoms with Gasteiger partial charge < -0.3 is 10.2 Å². The Morgan fingerprint density at radius 3 is 2.42 bits per heavy atom. The lowest BCUT2D eigenvalue weighted by atomic mass is 9.66.